The van der Waals surface area contributed by atoms with E-state index < -0.39 is 0 Å². The number of likely N-dealkylation sites (tertiary alicyclic amines) is 1. The summed E-state index contributed by atoms with van der Waals surface area (Å²) >= 11 is 0. The average Bonchev–Trinajstić information content (AvgIpc) is 3.07. The van der Waals surface area contributed by atoms with Crippen LogP contribution in [0.4, 0.5) is 0 Å². The van der Waals surface area contributed by atoms with Crippen molar-refractivity contribution in [2.75, 3.05) is 0 Å². The number of rotatable bonds is 4. The van der Waals surface area contributed by atoms with Crippen LogP contribution in [0.2, 0.25) is 0 Å². The maximum absolute atomic E-state index is 12.4. The van der Waals surface area contributed by atoms with Crippen molar-refractivity contribution in [3.8, 4) is 0 Å². The lowest BCUT2D eigenvalue weighted by atomic mass is 10.1. The topological polar surface area (TPSA) is 49.4 Å². The predicted octanol–water partition coefficient (Wildman–Crippen LogP) is 2.15. The van der Waals surface area contributed by atoms with Crippen LogP contribution in [0.5, 0.6) is 0 Å². The van der Waals surface area contributed by atoms with Gasteiger partial charge in [0.15, 0.2) is 0 Å². The number of hydrogen-bond acceptors (Lipinski definition) is 3. The van der Waals surface area contributed by atoms with Crippen LogP contribution in [0, 0.1) is 6.92 Å². The number of aryl methyl sites for hydroxylation is 1. The molecule has 1 heterocycles. The molecule has 4 heteroatoms. The van der Waals surface area contributed by atoms with Crippen LogP contribution < -0.4 is 5.32 Å². The summed E-state index contributed by atoms with van der Waals surface area (Å²) < 4.78 is 0. The lowest BCUT2D eigenvalue weighted by Gasteiger charge is -2.22. The van der Waals surface area contributed by atoms with Crippen molar-refractivity contribution < 1.29 is 9.59 Å². The molecule has 2 aliphatic rings. The van der Waals surface area contributed by atoms with E-state index in [0.717, 1.165) is 31.2 Å². The average molecular weight is 286 g/mol. The normalized spacial score (nSPS) is 23.3. The molecule has 2 amide bonds. The van der Waals surface area contributed by atoms with Crippen molar-refractivity contribution in [3.63, 3.8) is 0 Å². The Bertz CT molecular complexity index is 532. The third kappa shape index (κ3) is 3.00. The van der Waals surface area contributed by atoms with Crippen LogP contribution in [0.1, 0.15) is 43.2 Å². The fourth-order valence-electron chi connectivity index (χ4n) is 3.30. The van der Waals surface area contributed by atoms with E-state index in [4.69, 9.17) is 0 Å². The summed E-state index contributed by atoms with van der Waals surface area (Å²) in [6.07, 6.45) is 4.51. The highest BCUT2D eigenvalue weighted by atomic mass is 16.2. The minimum atomic E-state index is -0.348. The Kier molecular flexibility index (Phi) is 4.06. The molecule has 1 saturated carbocycles. The first-order valence-corrected chi connectivity index (χ1v) is 7.80. The minimum Gasteiger partial charge on any atom is -0.301 e. The van der Waals surface area contributed by atoms with E-state index in [0.29, 0.717) is 13.0 Å². The zero-order valence-corrected chi connectivity index (χ0v) is 12.5. The molecule has 4 nitrogen and oxygen atoms in total. The number of benzene rings is 1. The molecule has 1 aliphatic carbocycles. The van der Waals surface area contributed by atoms with Gasteiger partial charge in [0.1, 0.15) is 0 Å². The highest BCUT2D eigenvalue weighted by Crippen LogP contribution is 2.28. The van der Waals surface area contributed by atoms with Gasteiger partial charge in [-0.1, -0.05) is 42.7 Å². The summed E-state index contributed by atoms with van der Waals surface area (Å²) in [5.74, 6) is -0.0349. The summed E-state index contributed by atoms with van der Waals surface area (Å²) in [7, 11) is 0. The molecule has 0 radical (unpaired) electrons. The van der Waals surface area contributed by atoms with E-state index in [1.807, 2.05) is 0 Å². The molecule has 1 aromatic carbocycles. The van der Waals surface area contributed by atoms with Gasteiger partial charge in [0.05, 0.1) is 12.5 Å². The van der Waals surface area contributed by atoms with E-state index in [2.05, 4.69) is 36.5 Å². The van der Waals surface area contributed by atoms with E-state index in [1.54, 1.807) is 0 Å². The second-order valence-electron chi connectivity index (χ2n) is 6.16. The summed E-state index contributed by atoms with van der Waals surface area (Å²) in [5, 5.41) is 3.24. The molecular weight excluding hydrogens is 264 g/mol. The summed E-state index contributed by atoms with van der Waals surface area (Å²) in [6, 6.07) is 8.03. The van der Waals surface area contributed by atoms with Gasteiger partial charge >= 0.3 is 0 Å². The second kappa shape index (κ2) is 5.98. The van der Waals surface area contributed by atoms with Crippen LogP contribution in [0.3, 0.4) is 0 Å². The second-order valence-corrected chi connectivity index (χ2v) is 6.16. The van der Waals surface area contributed by atoms with Crippen molar-refractivity contribution in [3.05, 3.63) is 35.4 Å². The number of nitrogens with one attached hydrogen (secondary N) is 1. The molecule has 1 atom stereocenters. The number of carbonyl (C=O) groups is 2. The van der Waals surface area contributed by atoms with Gasteiger partial charge in [-0.15, -0.1) is 0 Å². The van der Waals surface area contributed by atoms with Gasteiger partial charge in [0, 0.05) is 12.6 Å². The van der Waals surface area contributed by atoms with Crippen LogP contribution in [-0.2, 0) is 16.1 Å². The predicted molar refractivity (Wildman–Crippen MR) is 80.5 cm³/mol. The van der Waals surface area contributed by atoms with E-state index in [1.165, 1.54) is 10.5 Å². The molecular formula is C17H22N2O2. The Balaban J connectivity index is 1.60. The van der Waals surface area contributed by atoms with Gasteiger partial charge in [0.25, 0.3) is 0 Å². The quantitative estimate of drug-likeness (QED) is 0.863. The zero-order chi connectivity index (χ0) is 14.8. The van der Waals surface area contributed by atoms with E-state index in [-0.39, 0.29) is 23.9 Å². The highest BCUT2D eigenvalue weighted by molar-refractivity contribution is 6.05. The maximum Gasteiger partial charge on any atom is 0.247 e. The van der Waals surface area contributed by atoms with Crippen molar-refractivity contribution in [1.82, 2.24) is 10.2 Å². The van der Waals surface area contributed by atoms with Gasteiger partial charge in [-0.05, 0) is 25.3 Å². The Hall–Kier alpha value is -1.68. The molecule has 112 valence electrons. The smallest absolute Gasteiger partial charge is 0.247 e. The molecule has 1 N–H and O–H groups in total. The maximum atomic E-state index is 12.4. The van der Waals surface area contributed by atoms with Crippen molar-refractivity contribution in [2.24, 2.45) is 0 Å². The molecule has 1 saturated heterocycles. The van der Waals surface area contributed by atoms with E-state index >= 15 is 0 Å². The van der Waals surface area contributed by atoms with Gasteiger partial charge in [-0.2, -0.15) is 0 Å². The van der Waals surface area contributed by atoms with Crippen LogP contribution in [0.15, 0.2) is 24.3 Å². The molecule has 0 aromatic heterocycles. The van der Waals surface area contributed by atoms with Crippen LogP contribution in [0.25, 0.3) is 0 Å². The molecule has 0 spiro atoms. The van der Waals surface area contributed by atoms with Crippen LogP contribution in [-0.4, -0.2) is 28.8 Å². The first kappa shape index (κ1) is 14.3. The Morgan fingerprint density at radius 3 is 2.48 bits per heavy atom. The van der Waals surface area contributed by atoms with Crippen molar-refractivity contribution in [1.29, 1.82) is 0 Å². The summed E-state index contributed by atoms with van der Waals surface area (Å²) in [5.41, 5.74) is 2.36. The first-order valence-electron chi connectivity index (χ1n) is 7.80. The molecule has 21 heavy (non-hydrogen) atoms. The fraction of sp³-hybridized carbons (Fsp3) is 0.529. The lowest BCUT2D eigenvalue weighted by Crippen LogP contribution is -2.42. The molecule has 1 aromatic rings. The molecule has 1 unspecified atom stereocenters. The summed E-state index contributed by atoms with van der Waals surface area (Å²) in [6.45, 7) is 2.68. The standard InChI is InChI=1S/C17H22N2O2/c1-12-6-8-13(9-7-12)11-18-15-10-16(20)19(17(15)21)14-4-2-3-5-14/h6-9,14-15,18H,2-5,10-11H2,1H3. The van der Waals surface area contributed by atoms with Crippen molar-refractivity contribution in [2.45, 2.75) is 57.7 Å². The number of hydrogen-bond donors (Lipinski definition) is 1. The Morgan fingerprint density at radius 1 is 1.14 bits per heavy atom. The lowest BCUT2D eigenvalue weighted by molar-refractivity contribution is -0.141. The third-order valence-electron chi connectivity index (χ3n) is 4.55. The Labute approximate surface area is 125 Å². The first-order chi connectivity index (χ1) is 10.1. The van der Waals surface area contributed by atoms with Gasteiger partial charge < -0.3 is 5.32 Å². The number of carbonyl (C=O) groups excluding carboxylic acids is 2. The molecule has 3 rings (SSSR count). The fourth-order valence-corrected chi connectivity index (χ4v) is 3.30. The number of nitrogens with zero attached hydrogens (tertiary/aromatic N) is 1. The monoisotopic (exact) mass is 286 g/mol. The Morgan fingerprint density at radius 2 is 1.81 bits per heavy atom. The zero-order valence-electron chi connectivity index (χ0n) is 12.5. The third-order valence-corrected chi connectivity index (χ3v) is 4.55. The van der Waals surface area contributed by atoms with Gasteiger partial charge in [-0.25, -0.2) is 0 Å². The van der Waals surface area contributed by atoms with Gasteiger partial charge in [-0.3, -0.25) is 14.5 Å². The molecule has 1 aliphatic heterocycles. The van der Waals surface area contributed by atoms with E-state index in [9.17, 15) is 9.59 Å². The molecule has 0 bridgehead atoms. The minimum absolute atomic E-state index is 0.00620. The summed E-state index contributed by atoms with van der Waals surface area (Å²) in [4.78, 5) is 26.1. The van der Waals surface area contributed by atoms with Crippen molar-refractivity contribution >= 4 is 11.8 Å². The van der Waals surface area contributed by atoms with Gasteiger partial charge in [0.2, 0.25) is 11.8 Å². The SMILES string of the molecule is Cc1ccc(CNC2CC(=O)N(C3CCCC3)C2=O)cc1. The largest absolute Gasteiger partial charge is 0.301 e. The number of imide groups is 1. The highest BCUT2D eigenvalue weighted by Gasteiger charge is 2.42. The number of amides is 2. The van der Waals surface area contributed by atoms with Crippen LogP contribution >= 0.6 is 0 Å². The molecule has 2 fully saturated rings.